The molecule has 41 heavy (non-hydrogen) atoms. The molecule has 1 atom stereocenters. The number of aliphatic carboxylic acids is 1. The Hall–Kier alpha value is -2.92. The number of carbonyl (C=O) groups excluding carboxylic acids is 2. The molecule has 0 saturated heterocycles. The van der Waals surface area contributed by atoms with E-state index in [0.29, 0.717) is 0 Å². The second-order valence-corrected chi connectivity index (χ2v) is 14.1. The quantitative estimate of drug-likeness (QED) is 0.481. The number of rotatable bonds is 8. The molecule has 0 unspecified atom stereocenters. The Bertz CT molecular complexity index is 1210. The normalized spacial score (nSPS) is 17.7. The molecule has 11 heteroatoms. The van der Waals surface area contributed by atoms with Crippen molar-refractivity contribution in [3.05, 3.63) is 48.0 Å². The summed E-state index contributed by atoms with van der Waals surface area (Å²) >= 11 is 0. The van der Waals surface area contributed by atoms with Crippen LogP contribution in [0.25, 0.3) is 0 Å². The number of ether oxygens (including phenoxy) is 1. The van der Waals surface area contributed by atoms with Gasteiger partial charge in [0.2, 0.25) is 0 Å². The molecule has 0 aliphatic heterocycles. The van der Waals surface area contributed by atoms with Crippen LogP contribution in [0.5, 0.6) is 0 Å². The number of alkyl carbamates (subject to hydrolysis) is 1. The van der Waals surface area contributed by atoms with Crippen molar-refractivity contribution in [1.29, 1.82) is 0 Å². The number of nitrogens with two attached hydrogens (primary N) is 1. The lowest BCUT2D eigenvalue weighted by atomic mass is 9.91. The zero-order valence-corrected chi connectivity index (χ0v) is 25.6. The number of nitrogens with zero attached hydrogens (tertiary/aromatic N) is 2. The van der Waals surface area contributed by atoms with Crippen LogP contribution >= 0.6 is 0 Å². The van der Waals surface area contributed by atoms with Crippen LogP contribution in [0.15, 0.2) is 41.7 Å². The summed E-state index contributed by atoms with van der Waals surface area (Å²) in [4.78, 5) is 27.1. The average molecular weight is 591 g/mol. The number of aryl methyl sites for hydroxylation is 1. The first-order valence-electron chi connectivity index (χ1n) is 14.7. The van der Waals surface area contributed by atoms with Gasteiger partial charge >= 0.3 is 6.09 Å². The van der Waals surface area contributed by atoms with E-state index in [1.54, 1.807) is 32.9 Å². The van der Waals surface area contributed by atoms with Crippen LogP contribution in [0.3, 0.4) is 0 Å². The predicted molar refractivity (Wildman–Crippen MR) is 154 cm³/mol. The molecule has 2 saturated carbocycles. The standard InChI is InChI=1S/C18H23N3O6S.C12H23N/c1-12-5-7-14(8-6-12)28(25,26)21-10-13(19-11-21)9-15(16(22)23)20-17(24)27-18(2,3)4;1-3-7-11(8-4-1)13-12-9-5-2-6-10-12/h5-8,10-11,15H,9H2,1-4H3,(H,20,24)(H,22,23);11-13H,1-10H2/t15-;/m0./s1. The molecule has 2 fully saturated rings. The van der Waals surface area contributed by atoms with Gasteiger partial charge in [-0.1, -0.05) is 30.5 Å². The molecule has 2 aliphatic rings. The number of imidazole rings is 1. The van der Waals surface area contributed by atoms with Crippen molar-refractivity contribution in [2.24, 2.45) is 0 Å². The number of quaternary nitrogens is 1. The summed E-state index contributed by atoms with van der Waals surface area (Å²) in [5, 5.41) is 16.2. The minimum atomic E-state index is -3.86. The third kappa shape index (κ3) is 10.8. The Morgan fingerprint density at radius 2 is 1.56 bits per heavy atom. The zero-order chi connectivity index (χ0) is 30.0. The number of aromatic nitrogens is 2. The highest BCUT2D eigenvalue weighted by Gasteiger charge is 2.24. The smallest absolute Gasteiger partial charge is 0.408 e. The fourth-order valence-corrected chi connectivity index (χ4v) is 6.46. The van der Waals surface area contributed by atoms with Gasteiger partial charge < -0.3 is 25.3 Å². The van der Waals surface area contributed by atoms with Gasteiger partial charge in [0.05, 0.1) is 34.7 Å². The van der Waals surface area contributed by atoms with Crippen LogP contribution < -0.4 is 15.7 Å². The number of hydrogen-bond acceptors (Lipinski definition) is 7. The van der Waals surface area contributed by atoms with E-state index >= 15 is 0 Å². The lowest BCUT2D eigenvalue weighted by Gasteiger charge is -2.27. The fourth-order valence-electron chi connectivity index (χ4n) is 5.30. The minimum Gasteiger partial charge on any atom is -0.548 e. The summed E-state index contributed by atoms with van der Waals surface area (Å²) in [5.41, 5.74) is 0.265. The number of carboxylic acids is 1. The molecule has 1 aromatic carbocycles. The largest absolute Gasteiger partial charge is 0.548 e. The summed E-state index contributed by atoms with van der Waals surface area (Å²) in [6.45, 7) is 6.75. The SMILES string of the molecule is C1CCC([NH2+]C2CCCCC2)CC1.Cc1ccc(S(=O)(=O)n2cnc(C[C@H](NC(=O)OC(C)(C)C)C(=O)[O-])c2)cc1. The van der Waals surface area contributed by atoms with Crippen molar-refractivity contribution in [2.75, 3.05) is 0 Å². The maximum atomic E-state index is 12.6. The third-order valence-corrected chi connectivity index (χ3v) is 9.07. The van der Waals surface area contributed by atoms with E-state index in [4.69, 9.17) is 4.74 Å². The number of carbonyl (C=O) groups is 2. The van der Waals surface area contributed by atoms with Crippen LogP contribution in [-0.4, -0.2) is 53.2 Å². The van der Waals surface area contributed by atoms with Crippen molar-refractivity contribution in [3.63, 3.8) is 0 Å². The molecule has 0 spiro atoms. The lowest BCUT2D eigenvalue weighted by Crippen LogP contribution is -2.95. The van der Waals surface area contributed by atoms with Gasteiger partial charge in [0.25, 0.3) is 10.0 Å². The highest BCUT2D eigenvalue weighted by atomic mass is 32.2. The van der Waals surface area contributed by atoms with Gasteiger partial charge in [-0.2, -0.15) is 0 Å². The molecule has 2 aliphatic carbocycles. The minimum absolute atomic E-state index is 0.0744. The Kier molecular flexibility index (Phi) is 11.8. The van der Waals surface area contributed by atoms with Gasteiger partial charge in [0.1, 0.15) is 11.9 Å². The Labute approximate surface area is 244 Å². The van der Waals surface area contributed by atoms with Crippen molar-refractivity contribution in [1.82, 2.24) is 14.3 Å². The second-order valence-electron chi connectivity index (χ2n) is 12.2. The first-order chi connectivity index (χ1) is 19.3. The van der Waals surface area contributed by atoms with Crippen molar-refractivity contribution >= 4 is 22.1 Å². The summed E-state index contributed by atoms with van der Waals surface area (Å²) in [7, 11) is -3.86. The van der Waals surface area contributed by atoms with E-state index in [1.807, 2.05) is 6.92 Å². The average Bonchev–Trinajstić information content (AvgIpc) is 3.39. The maximum absolute atomic E-state index is 12.6. The monoisotopic (exact) mass is 590 g/mol. The highest BCUT2D eigenvalue weighted by Crippen LogP contribution is 2.19. The van der Waals surface area contributed by atoms with Crippen molar-refractivity contribution in [3.8, 4) is 0 Å². The molecule has 1 amide bonds. The summed E-state index contributed by atoms with van der Waals surface area (Å²) in [6.07, 6.45) is 16.0. The number of carboxylic acid groups (broad SMARTS) is 1. The second kappa shape index (κ2) is 14.8. The molecule has 2 aromatic rings. The molecule has 4 rings (SSSR count). The summed E-state index contributed by atoms with van der Waals surface area (Å²) in [5.74, 6) is -1.54. The molecule has 10 nitrogen and oxygen atoms in total. The van der Waals surface area contributed by atoms with E-state index in [9.17, 15) is 23.1 Å². The molecule has 0 bridgehead atoms. The fraction of sp³-hybridized carbons (Fsp3) is 0.633. The molecule has 1 heterocycles. The lowest BCUT2D eigenvalue weighted by molar-refractivity contribution is -0.725. The van der Waals surface area contributed by atoms with E-state index in [2.05, 4.69) is 15.6 Å². The van der Waals surface area contributed by atoms with E-state index in [0.717, 1.165) is 27.9 Å². The van der Waals surface area contributed by atoms with Crippen molar-refractivity contribution < 1.29 is 33.2 Å². The summed E-state index contributed by atoms with van der Waals surface area (Å²) < 4.78 is 31.2. The van der Waals surface area contributed by atoms with Gasteiger partial charge in [-0.25, -0.2) is 22.2 Å². The summed E-state index contributed by atoms with van der Waals surface area (Å²) in [6, 6.07) is 6.84. The van der Waals surface area contributed by atoms with Crippen molar-refractivity contribution in [2.45, 2.75) is 127 Å². The van der Waals surface area contributed by atoms with Crippen LogP contribution in [-0.2, 0) is 26.0 Å². The highest BCUT2D eigenvalue weighted by molar-refractivity contribution is 7.90. The topological polar surface area (TPSA) is 147 Å². The number of hydrogen-bond donors (Lipinski definition) is 2. The number of nitrogens with one attached hydrogen (secondary N) is 1. The Morgan fingerprint density at radius 1 is 1.02 bits per heavy atom. The number of benzene rings is 1. The van der Waals surface area contributed by atoms with E-state index in [-0.39, 0.29) is 17.0 Å². The van der Waals surface area contributed by atoms with Gasteiger partial charge in [-0.15, -0.1) is 0 Å². The molecule has 0 radical (unpaired) electrons. The van der Waals surface area contributed by atoms with Crippen LogP contribution in [0, 0.1) is 6.92 Å². The zero-order valence-electron chi connectivity index (χ0n) is 24.8. The first kappa shape index (κ1) is 32.6. The van der Waals surface area contributed by atoms with Gasteiger partial charge in [0.15, 0.2) is 0 Å². The molecular formula is C30H46N4O6S. The maximum Gasteiger partial charge on any atom is 0.408 e. The number of amides is 1. The molecule has 1 aromatic heterocycles. The van der Waals surface area contributed by atoms with Gasteiger partial charge in [0, 0.05) is 12.6 Å². The van der Waals surface area contributed by atoms with Gasteiger partial charge in [-0.05, 0) is 91.2 Å². The van der Waals surface area contributed by atoms with E-state index in [1.165, 1.54) is 82.5 Å². The van der Waals surface area contributed by atoms with Gasteiger partial charge in [-0.3, -0.25) is 0 Å². The third-order valence-electron chi connectivity index (χ3n) is 7.44. The molecule has 3 N–H and O–H groups in total. The molecule has 228 valence electrons. The van der Waals surface area contributed by atoms with Crippen LogP contribution in [0.4, 0.5) is 4.79 Å². The first-order valence-corrected chi connectivity index (χ1v) is 16.2. The van der Waals surface area contributed by atoms with Crippen LogP contribution in [0.1, 0.15) is 96.2 Å². The van der Waals surface area contributed by atoms with Crippen LogP contribution in [0.2, 0.25) is 0 Å². The van der Waals surface area contributed by atoms with E-state index < -0.39 is 33.7 Å². The Morgan fingerprint density at radius 3 is 2.05 bits per heavy atom. The predicted octanol–water partition coefficient (Wildman–Crippen LogP) is 2.83. The molecular weight excluding hydrogens is 544 g/mol. The Balaban J connectivity index is 0.000000294.